The van der Waals surface area contributed by atoms with E-state index in [1.165, 1.54) is 31.1 Å². The van der Waals surface area contributed by atoms with Gasteiger partial charge in [0.1, 0.15) is 0 Å². The highest BCUT2D eigenvalue weighted by atomic mass is 28.4. The van der Waals surface area contributed by atoms with Crippen molar-refractivity contribution >= 4 is 56.1 Å². The summed E-state index contributed by atoms with van der Waals surface area (Å²) in [6.07, 6.45) is 8.40. The van der Waals surface area contributed by atoms with E-state index in [2.05, 4.69) is 263 Å². The zero-order valence-corrected chi connectivity index (χ0v) is 43.0. The average Bonchev–Trinajstić information content (AvgIpc) is 3.29. The Morgan fingerprint density at radius 2 is 0.719 bits per heavy atom. The highest BCUT2D eigenvalue weighted by molar-refractivity contribution is 7.00. The van der Waals surface area contributed by atoms with Gasteiger partial charge in [-0.1, -0.05) is 263 Å². The second-order valence-electron chi connectivity index (χ2n) is 20.2. The fourth-order valence-corrected chi connectivity index (χ4v) is 23.9. The molecule has 0 aliphatic carbocycles. The predicted octanol–water partition coefficient (Wildman–Crippen LogP) is 11.4. The smallest absolute Gasteiger partial charge is 0.261 e. The van der Waals surface area contributed by atoms with Gasteiger partial charge in [-0.15, -0.1) is 6.58 Å². The number of benzene rings is 6. The summed E-state index contributed by atoms with van der Waals surface area (Å²) < 4.78 is 23.3. The summed E-state index contributed by atoms with van der Waals surface area (Å²) in [5.74, 6) is 0. The Labute approximate surface area is 389 Å². The van der Waals surface area contributed by atoms with Gasteiger partial charge in [-0.25, -0.2) is 0 Å². The minimum atomic E-state index is -2.94. The monoisotopic (exact) mass is 900 g/mol. The maximum Gasteiger partial charge on any atom is 0.261 e. The lowest BCUT2D eigenvalue weighted by Gasteiger charge is -2.46. The Hall–Kier alpha value is -4.67. The third-order valence-electron chi connectivity index (χ3n) is 12.8. The Morgan fingerprint density at radius 1 is 0.422 bits per heavy atom. The number of rotatable bonds is 19. The van der Waals surface area contributed by atoms with Gasteiger partial charge in [0.15, 0.2) is 0 Å². The molecular weight excluding hydrogens is 829 g/mol. The molecule has 6 aromatic carbocycles. The van der Waals surface area contributed by atoms with Gasteiger partial charge in [-0.3, -0.25) is 0 Å². The molecule has 6 rings (SSSR count). The van der Waals surface area contributed by atoms with Gasteiger partial charge in [0.2, 0.25) is 0 Å². The van der Waals surface area contributed by atoms with Gasteiger partial charge in [-0.05, 0) is 65.5 Å². The molecule has 0 bridgehead atoms. The van der Waals surface area contributed by atoms with Gasteiger partial charge < -0.3 is 13.3 Å². The molecule has 0 spiro atoms. The molecule has 2 atom stereocenters. The highest BCUT2D eigenvalue weighted by Gasteiger charge is 2.53. The van der Waals surface area contributed by atoms with Gasteiger partial charge in [0, 0.05) is 6.61 Å². The van der Waals surface area contributed by atoms with E-state index in [4.69, 9.17) is 13.3 Å². The van der Waals surface area contributed by atoms with Crippen molar-refractivity contribution in [2.24, 2.45) is 0 Å². The first-order valence-electron chi connectivity index (χ1n) is 23.2. The van der Waals surface area contributed by atoms with Crippen molar-refractivity contribution in [1.82, 2.24) is 0 Å². The lowest BCUT2D eigenvalue weighted by molar-refractivity contribution is 0.149. The normalized spacial score (nSPS) is 14.0. The summed E-state index contributed by atoms with van der Waals surface area (Å²) in [5.41, 5.74) is 0. The molecule has 0 heterocycles. The minimum Gasteiger partial charge on any atom is -0.407 e. The molecule has 0 amide bonds. The SMILES string of the molecule is C=CC[C@@H](/C=C/C[C@H](CCO[Si](c1ccccc1)(c1ccccc1)C(C)(C)C)O[Si](c1ccccc1)(c1ccccc1)C(C)(C)C)O[Si](c1ccccc1)(c1ccccc1)C(C)(C)C. The van der Waals surface area contributed by atoms with E-state index in [-0.39, 0.29) is 27.3 Å². The molecule has 0 unspecified atom stereocenters. The summed E-state index contributed by atoms with van der Waals surface area (Å²) in [6, 6.07) is 65.8. The Morgan fingerprint density at radius 3 is 1.02 bits per heavy atom. The number of hydrogen-bond donors (Lipinski definition) is 0. The predicted molar refractivity (Wildman–Crippen MR) is 282 cm³/mol. The summed E-state index contributed by atoms with van der Waals surface area (Å²) in [6.45, 7) is 25.9. The molecule has 0 N–H and O–H groups in total. The largest absolute Gasteiger partial charge is 0.407 e. The Bertz CT molecular complexity index is 2210. The lowest BCUT2D eigenvalue weighted by atomic mass is 10.1. The Balaban J connectivity index is 1.44. The quantitative estimate of drug-likeness (QED) is 0.0599. The number of hydrogen-bond acceptors (Lipinski definition) is 3. The zero-order valence-electron chi connectivity index (χ0n) is 40.0. The van der Waals surface area contributed by atoms with Crippen LogP contribution in [0.5, 0.6) is 0 Å². The summed E-state index contributed by atoms with van der Waals surface area (Å²) in [4.78, 5) is 0. The first-order chi connectivity index (χ1) is 30.6. The van der Waals surface area contributed by atoms with Crippen LogP contribution in [-0.2, 0) is 13.3 Å². The minimum absolute atomic E-state index is 0.139. The molecule has 6 aromatic rings. The lowest BCUT2D eigenvalue weighted by Crippen LogP contribution is -2.68. The standard InChI is InChI=1S/C58H72O3Si3/c1-11-31-48(60-63(57(5,6)7,52-38-22-14-23-39-52)53-40-24-15-25-41-53)32-30-33-49(61-64(58(8,9)10,54-42-26-16-27-43-54)55-44-28-17-29-45-55)46-47-59-62(56(2,3)4,50-34-18-12-19-35-50)51-36-20-13-21-37-51/h11-30,32,34-45,48-49H,1,31,33,46-47H2,2-10H3/b32-30+/t48-,49+/m0/s1. The summed E-state index contributed by atoms with van der Waals surface area (Å²) >= 11 is 0. The van der Waals surface area contributed by atoms with Crippen LogP contribution in [0.15, 0.2) is 207 Å². The third kappa shape index (κ3) is 10.4. The van der Waals surface area contributed by atoms with E-state index in [1.54, 1.807) is 0 Å². The first kappa shape index (κ1) is 48.8. The fraction of sp³-hybridized carbons (Fsp3) is 0.310. The van der Waals surface area contributed by atoms with E-state index in [0.717, 1.165) is 6.42 Å². The van der Waals surface area contributed by atoms with E-state index in [9.17, 15) is 0 Å². The van der Waals surface area contributed by atoms with Crippen molar-refractivity contribution in [2.75, 3.05) is 6.61 Å². The van der Waals surface area contributed by atoms with Crippen LogP contribution in [-0.4, -0.2) is 43.8 Å². The van der Waals surface area contributed by atoms with E-state index in [1.807, 2.05) is 6.08 Å². The Kier molecular flexibility index (Phi) is 16.1. The molecule has 6 heteroatoms. The van der Waals surface area contributed by atoms with Gasteiger partial charge in [-0.2, -0.15) is 0 Å². The van der Waals surface area contributed by atoms with Crippen molar-refractivity contribution in [1.29, 1.82) is 0 Å². The molecule has 0 saturated carbocycles. The van der Waals surface area contributed by atoms with E-state index < -0.39 is 25.0 Å². The molecule has 0 aliphatic rings. The van der Waals surface area contributed by atoms with Crippen LogP contribution >= 0.6 is 0 Å². The first-order valence-corrected chi connectivity index (χ1v) is 28.9. The molecule has 0 saturated heterocycles. The molecule has 0 fully saturated rings. The van der Waals surface area contributed by atoms with Crippen molar-refractivity contribution in [3.63, 3.8) is 0 Å². The topological polar surface area (TPSA) is 27.7 Å². The maximum absolute atomic E-state index is 7.99. The average molecular weight is 901 g/mol. The van der Waals surface area contributed by atoms with Crippen molar-refractivity contribution < 1.29 is 13.3 Å². The van der Waals surface area contributed by atoms with Crippen LogP contribution in [0.3, 0.4) is 0 Å². The van der Waals surface area contributed by atoms with E-state index >= 15 is 0 Å². The molecular formula is C58H72O3Si3. The highest BCUT2D eigenvalue weighted by Crippen LogP contribution is 2.41. The molecule has 64 heavy (non-hydrogen) atoms. The maximum atomic E-state index is 7.99. The fourth-order valence-electron chi connectivity index (χ4n) is 9.90. The van der Waals surface area contributed by atoms with Crippen LogP contribution in [0, 0.1) is 0 Å². The van der Waals surface area contributed by atoms with Crippen LogP contribution in [0.4, 0.5) is 0 Å². The summed E-state index contributed by atoms with van der Waals surface area (Å²) in [5, 5.41) is 7.17. The zero-order chi connectivity index (χ0) is 45.9. The van der Waals surface area contributed by atoms with Crippen LogP contribution in [0.1, 0.15) is 81.6 Å². The van der Waals surface area contributed by atoms with Crippen molar-refractivity contribution in [2.45, 2.75) is 109 Å². The van der Waals surface area contributed by atoms with Gasteiger partial charge in [0.25, 0.3) is 25.0 Å². The van der Waals surface area contributed by atoms with Crippen LogP contribution in [0.2, 0.25) is 15.1 Å². The molecule has 3 nitrogen and oxygen atoms in total. The van der Waals surface area contributed by atoms with Crippen molar-refractivity contribution in [3.05, 3.63) is 207 Å². The molecule has 0 aromatic heterocycles. The van der Waals surface area contributed by atoms with Crippen LogP contribution < -0.4 is 31.1 Å². The van der Waals surface area contributed by atoms with Gasteiger partial charge in [0.05, 0.1) is 12.2 Å². The van der Waals surface area contributed by atoms with Gasteiger partial charge >= 0.3 is 0 Å². The second kappa shape index (κ2) is 21.1. The van der Waals surface area contributed by atoms with Crippen LogP contribution in [0.25, 0.3) is 0 Å². The molecule has 0 aliphatic heterocycles. The third-order valence-corrected chi connectivity index (χ3v) is 28.0. The van der Waals surface area contributed by atoms with Crippen molar-refractivity contribution in [3.8, 4) is 0 Å². The van der Waals surface area contributed by atoms with E-state index in [0.29, 0.717) is 19.4 Å². The molecule has 0 radical (unpaired) electrons. The molecule has 334 valence electrons. The summed E-state index contributed by atoms with van der Waals surface area (Å²) in [7, 11) is -8.57. The second-order valence-corrected chi connectivity index (χ2v) is 33.0.